The van der Waals surface area contributed by atoms with Gasteiger partial charge in [0.15, 0.2) is 0 Å². The average molecular weight is 493 g/mol. The van der Waals surface area contributed by atoms with Gasteiger partial charge >= 0.3 is 6.03 Å². The average Bonchev–Trinajstić information content (AvgIpc) is 2.81. The maximum atomic E-state index is 13.6. The molecule has 3 aromatic carbocycles. The van der Waals surface area contributed by atoms with Crippen molar-refractivity contribution in [3.8, 4) is 5.75 Å². The van der Waals surface area contributed by atoms with Crippen LogP contribution in [0, 0.1) is 19.7 Å². The van der Waals surface area contributed by atoms with Crippen LogP contribution in [0.25, 0.3) is 6.08 Å². The van der Waals surface area contributed by atoms with Crippen molar-refractivity contribution in [2.45, 2.75) is 20.3 Å². The van der Waals surface area contributed by atoms with E-state index in [9.17, 15) is 18.8 Å². The number of anilines is 1. The Balaban J connectivity index is 1.72. The highest BCUT2D eigenvalue weighted by Crippen LogP contribution is 2.33. The number of barbiturate groups is 1. The number of halogens is 2. The number of hydrogen-bond donors (Lipinski definition) is 1. The van der Waals surface area contributed by atoms with Gasteiger partial charge in [0.05, 0.1) is 12.8 Å². The molecule has 1 N–H and O–H groups in total. The number of amides is 4. The predicted molar refractivity (Wildman–Crippen MR) is 132 cm³/mol. The third-order valence-corrected chi connectivity index (χ3v) is 6.23. The maximum Gasteiger partial charge on any atom is 0.335 e. The summed E-state index contributed by atoms with van der Waals surface area (Å²) in [6.07, 6.45) is 1.69. The van der Waals surface area contributed by atoms with Crippen LogP contribution in [0.5, 0.6) is 5.75 Å². The molecule has 3 aromatic rings. The number of aryl methyl sites for hydroxylation is 1. The Hall–Kier alpha value is -3.97. The number of urea groups is 1. The van der Waals surface area contributed by atoms with Crippen LogP contribution >= 0.6 is 11.6 Å². The van der Waals surface area contributed by atoms with Crippen LogP contribution in [0.4, 0.5) is 14.9 Å². The van der Waals surface area contributed by atoms with Gasteiger partial charge in [-0.05, 0) is 72.5 Å². The fraction of sp³-hybridized carbons (Fsp3) is 0.148. The molecule has 4 rings (SSSR count). The summed E-state index contributed by atoms with van der Waals surface area (Å²) in [4.78, 5) is 39.4. The zero-order chi connectivity index (χ0) is 25.3. The van der Waals surface area contributed by atoms with Gasteiger partial charge in [0.25, 0.3) is 11.8 Å². The molecule has 1 aliphatic rings. The molecule has 8 heteroatoms. The molecule has 0 spiro atoms. The number of benzene rings is 3. The molecule has 1 aliphatic heterocycles. The van der Waals surface area contributed by atoms with E-state index in [4.69, 9.17) is 16.3 Å². The van der Waals surface area contributed by atoms with Crippen molar-refractivity contribution in [2.75, 3.05) is 12.0 Å². The van der Waals surface area contributed by atoms with Gasteiger partial charge in [0.2, 0.25) is 0 Å². The van der Waals surface area contributed by atoms with E-state index in [1.807, 2.05) is 13.0 Å². The molecule has 178 valence electrons. The first-order valence-electron chi connectivity index (χ1n) is 10.8. The Morgan fingerprint density at radius 1 is 1.06 bits per heavy atom. The molecule has 1 saturated heterocycles. The summed E-state index contributed by atoms with van der Waals surface area (Å²) in [6, 6.07) is 13.8. The number of methoxy groups -OCH3 is 1. The first-order valence-corrected chi connectivity index (χ1v) is 11.2. The van der Waals surface area contributed by atoms with Gasteiger partial charge < -0.3 is 4.74 Å². The fourth-order valence-electron chi connectivity index (χ4n) is 3.94. The predicted octanol–water partition coefficient (Wildman–Crippen LogP) is 5.36. The number of carbonyl (C=O) groups excluding carboxylic acids is 3. The molecule has 0 aliphatic carbocycles. The van der Waals surface area contributed by atoms with Crippen LogP contribution in [-0.2, 0) is 16.0 Å². The molecular formula is C27H22ClFN2O4. The van der Waals surface area contributed by atoms with Crippen molar-refractivity contribution in [1.82, 2.24) is 5.32 Å². The number of nitrogens with one attached hydrogen (secondary N) is 1. The smallest absolute Gasteiger partial charge is 0.335 e. The molecule has 0 atom stereocenters. The van der Waals surface area contributed by atoms with Gasteiger partial charge in [0.1, 0.15) is 17.1 Å². The summed E-state index contributed by atoms with van der Waals surface area (Å²) in [5.74, 6) is -1.49. The largest absolute Gasteiger partial charge is 0.496 e. The summed E-state index contributed by atoms with van der Waals surface area (Å²) in [7, 11) is 1.47. The molecule has 4 amide bonds. The SMILES string of the molecule is COc1cc(/C=C2\C(=O)NC(=O)N(c3cccc(C)c3C)C2=O)cc(Cl)c1Cc1cccc(F)c1. The topological polar surface area (TPSA) is 75.7 Å². The van der Waals surface area contributed by atoms with Crippen LogP contribution < -0.4 is 15.0 Å². The molecule has 0 aromatic heterocycles. The summed E-state index contributed by atoms with van der Waals surface area (Å²) < 4.78 is 19.1. The van der Waals surface area contributed by atoms with Crippen LogP contribution in [-0.4, -0.2) is 25.0 Å². The highest BCUT2D eigenvalue weighted by molar-refractivity contribution is 6.39. The monoisotopic (exact) mass is 492 g/mol. The molecular weight excluding hydrogens is 471 g/mol. The Kier molecular flexibility index (Phi) is 6.71. The minimum Gasteiger partial charge on any atom is -0.496 e. The van der Waals surface area contributed by atoms with Crippen molar-refractivity contribution in [1.29, 1.82) is 0 Å². The van der Waals surface area contributed by atoms with E-state index in [1.165, 1.54) is 25.3 Å². The minimum absolute atomic E-state index is 0.221. The van der Waals surface area contributed by atoms with Crippen molar-refractivity contribution >= 4 is 41.2 Å². The van der Waals surface area contributed by atoms with E-state index in [0.717, 1.165) is 16.0 Å². The zero-order valence-electron chi connectivity index (χ0n) is 19.3. The third kappa shape index (κ3) is 4.81. The summed E-state index contributed by atoms with van der Waals surface area (Å²) >= 11 is 6.53. The molecule has 0 radical (unpaired) electrons. The Morgan fingerprint density at radius 3 is 2.51 bits per heavy atom. The van der Waals surface area contributed by atoms with E-state index >= 15 is 0 Å². The first kappa shape index (κ1) is 24.2. The highest BCUT2D eigenvalue weighted by atomic mass is 35.5. The van der Waals surface area contributed by atoms with Gasteiger partial charge in [-0.3, -0.25) is 14.9 Å². The van der Waals surface area contributed by atoms with E-state index in [0.29, 0.717) is 39.6 Å². The summed E-state index contributed by atoms with van der Waals surface area (Å²) in [5.41, 5.74) is 3.60. The molecule has 0 unspecified atom stereocenters. The number of imide groups is 2. The maximum absolute atomic E-state index is 13.6. The van der Waals surface area contributed by atoms with Gasteiger partial charge in [-0.2, -0.15) is 0 Å². The first-order chi connectivity index (χ1) is 16.7. The van der Waals surface area contributed by atoms with Gasteiger partial charge in [-0.15, -0.1) is 0 Å². The Morgan fingerprint density at radius 2 is 1.80 bits per heavy atom. The lowest BCUT2D eigenvalue weighted by Gasteiger charge is -2.28. The van der Waals surface area contributed by atoms with E-state index < -0.39 is 17.8 Å². The van der Waals surface area contributed by atoms with Crippen LogP contribution in [0.15, 0.2) is 60.2 Å². The van der Waals surface area contributed by atoms with E-state index in [1.54, 1.807) is 43.3 Å². The molecule has 1 fully saturated rings. The lowest BCUT2D eigenvalue weighted by atomic mass is 10.00. The van der Waals surface area contributed by atoms with Crippen LogP contribution in [0.1, 0.15) is 27.8 Å². The van der Waals surface area contributed by atoms with Gasteiger partial charge in [-0.25, -0.2) is 14.1 Å². The number of rotatable bonds is 5. The van der Waals surface area contributed by atoms with Crippen LogP contribution in [0.3, 0.4) is 0 Å². The molecule has 6 nitrogen and oxygen atoms in total. The second kappa shape index (κ2) is 9.72. The fourth-order valence-corrected chi connectivity index (χ4v) is 4.23. The van der Waals surface area contributed by atoms with Crippen molar-refractivity contribution in [3.63, 3.8) is 0 Å². The quantitative estimate of drug-likeness (QED) is 0.384. The van der Waals surface area contributed by atoms with E-state index in [-0.39, 0.29) is 11.4 Å². The number of hydrogen-bond acceptors (Lipinski definition) is 4. The zero-order valence-corrected chi connectivity index (χ0v) is 20.1. The highest BCUT2D eigenvalue weighted by Gasteiger charge is 2.37. The summed E-state index contributed by atoms with van der Waals surface area (Å²) in [6.45, 7) is 3.67. The Labute approximate surface area is 207 Å². The normalized spacial score (nSPS) is 14.9. The Bertz CT molecular complexity index is 1400. The van der Waals surface area contributed by atoms with E-state index in [2.05, 4.69) is 5.32 Å². The van der Waals surface area contributed by atoms with Crippen molar-refractivity contribution < 1.29 is 23.5 Å². The van der Waals surface area contributed by atoms with Gasteiger partial charge in [-0.1, -0.05) is 35.9 Å². The van der Waals surface area contributed by atoms with Crippen LogP contribution in [0.2, 0.25) is 5.02 Å². The lowest BCUT2D eigenvalue weighted by molar-refractivity contribution is -0.122. The molecule has 0 bridgehead atoms. The molecule has 0 saturated carbocycles. The standard InChI is InChI=1S/C27H22ClFN2O4/c1-15-6-4-9-23(16(15)2)31-26(33)21(25(32)30-27(31)34)12-18-13-22(28)20(24(14-18)35-3)11-17-7-5-8-19(29)10-17/h4-10,12-14H,11H2,1-3H3,(H,30,32,34)/b21-12+. The number of nitrogens with zero attached hydrogens (tertiary/aromatic N) is 1. The minimum atomic E-state index is -0.813. The summed E-state index contributed by atoms with van der Waals surface area (Å²) in [5, 5.41) is 2.55. The van der Waals surface area contributed by atoms with Crippen molar-refractivity contribution in [2.24, 2.45) is 0 Å². The number of carbonyl (C=O) groups is 3. The van der Waals surface area contributed by atoms with Gasteiger partial charge in [0, 0.05) is 17.0 Å². The molecule has 35 heavy (non-hydrogen) atoms. The lowest BCUT2D eigenvalue weighted by Crippen LogP contribution is -2.54. The second-order valence-electron chi connectivity index (χ2n) is 8.17. The van der Waals surface area contributed by atoms with Crippen molar-refractivity contribution in [3.05, 3.63) is 98.8 Å². The number of ether oxygens (including phenoxy) is 1. The molecule has 1 heterocycles. The third-order valence-electron chi connectivity index (χ3n) is 5.90. The second-order valence-corrected chi connectivity index (χ2v) is 8.57.